The van der Waals surface area contributed by atoms with E-state index in [4.69, 9.17) is 14.2 Å². The van der Waals surface area contributed by atoms with Crippen LogP contribution in [0.15, 0.2) is 36.4 Å². The summed E-state index contributed by atoms with van der Waals surface area (Å²) in [4.78, 5) is 23.7. The van der Waals surface area contributed by atoms with E-state index >= 15 is 0 Å². The molecule has 0 N–H and O–H groups in total. The van der Waals surface area contributed by atoms with Gasteiger partial charge >= 0.3 is 216 Å². The Kier molecular flexibility index (Phi) is 9.06. The molecule has 0 aromatic heterocycles. The van der Waals surface area contributed by atoms with Gasteiger partial charge in [0.15, 0.2) is 0 Å². The molecule has 0 radical (unpaired) electrons. The van der Waals surface area contributed by atoms with Gasteiger partial charge in [-0.25, -0.2) is 0 Å². The minimum absolute atomic E-state index is 0.00361. The molecule has 0 amide bonds. The molecule has 0 atom stereocenters. The van der Waals surface area contributed by atoms with Crippen molar-refractivity contribution in [2.45, 2.75) is 78.1 Å². The molecule has 1 aliphatic carbocycles. The average molecular weight is 546 g/mol. The van der Waals surface area contributed by atoms with Crippen LogP contribution in [0.4, 0.5) is 0 Å². The van der Waals surface area contributed by atoms with Crippen molar-refractivity contribution in [3.8, 4) is 5.75 Å². The second-order valence-corrected chi connectivity index (χ2v) is 12.6. The van der Waals surface area contributed by atoms with Crippen molar-refractivity contribution in [1.82, 2.24) is 0 Å². The maximum atomic E-state index is 12.0. The summed E-state index contributed by atoms with van der Waals surface area (Å²) >= 11 is -0.00361. The van der Waals surface area contributed by atoms with E-state index in [2.05, 4.69) is 39.8 Å². The van der Waals surface area contributed by atoms with Gasteiger partial charge in [-0.05, 0) is 0 Å². The van der Waals surface area contributed by atoms with Gasteiger partial charge in [-0.15, -0.1) is 0 Å². The van der Waals surface area contributed by atoms with Crippen LogP contribution >= 0.6 is 0 Å². The summed E-state index contributed by atoms with van der Waals surface area (Å²) < 4.78 is 18.8. The Hall–Kier alpha value is -2.30. The van der Waals surface area contributed by atoms with Gasteiger partial charge in [0.1, 0.15) is 0 Å². The Labute approximate surface area is 216 Å². The Morgan fingerprint density at radius 1 is 0.886 bits per heavy atom. The molecular formula is C29H38O5Se. The second-order valence-electron chi connectivity index (χ2n) is 10.2. The van der Waals surface area contributed by atoms with Crippen molar-refractivity contribution in [2.75, 3.05) is 19.8 Å². The van der Waals surface area contributed by atoms with E-state index in [0.29, 0.717) is 38.2 Å². The molecule has 6 heteroatoms. The standard InChI is InChI=1S/C29H38O5Se/c1-7-32-26(30)10-9-17-34-24-18-22-23(29(5,6)16-15-28(22,3)4)19-25(24)35-21-13-11-20(12-14-21)27(31)33-8-2/h11-14,18-19H,7-10,15-17H2,1-6H3. The first-order chi connectivity index (χ1) is 16.6. The summed E-state index contributed by atoms with van der Waals surface area (Å²) in [6.07, 6.45) is 3.25. The summed E-state index contributed by atoms with van der Waals surface area (Å²) in [5.41, 5.74) is 3.50. The zero-order valence-electron chi connectivity index (χ0n) is 21.9. The number of carbonyl (C=O) groups excluding carboxylic acids is 2. The molecule has 0 unspecified atom stereocenters. The van der Waals surface area contributed by atoms with E-state index < -0.39 is 0 Å². The molecule has 2 aromatic carbocycles. The predicted molar refractivity (Wildman–Crippen MR) is 141 cm³/mol. The number of fused-ring (bicyclic) bond motifs is 1. The summed E-state index contributed by atoms with van der Waals surface area (Å²) in [5, 5.41) is 0. The quantitative estimate of drug-likeness (QED) is 0.248. The van der Waals surface area contributed by atoms with Gasteiger partial charge in [-0.3, -0.25) is 0 Å². The van der Waals surface area contributed by atoms with E-state index in [1.165, 1.54) is 15.6 Å². The molecule has 0 heterocycles. The topological polar surface area (TPSA) is 61.8 Å². The van der Waals surface area contributed by atoms with Gasteiger partial charge in [0, 0.05) is 0 Å². The molecule has 2 aromatic rings. The molecular weight excluding hydrogens is 507 g/mol. The van der Waals surface area contributed by atoms with Crippen LogP contribution < -0.4 is 13.7 Å². The zero-order valence-corrected chi connectivity index (χ0v) is 23.6. The number of hydrogen-bond donors (Lipinski definition) is 0. The fourth-order valence-corrected chi connectivity index (χ4v) is 6.33. The van der Waals surface area contributed by atoms with Gasteiger partial charge in [0.2, 0.25) is 0 Å². The van der Waals surface area contributed by atoms with Gasteiger partial charge in [0.05, 0.1) is 0 Å². The van der Waals surface area contributed by atoms with Crippen molar-refractivity contribution in [2.24, 2.45) is 0 Å². The third-order valence-electron chi connectivity index (χ3n) is 6.60. The van der Waals surface area contributed by atoms with Crippen molar-refractivity contribution in [3.63, 3.8) is 0 Å². The molecule has 0 saturated heterocycles. The van der Waals surface area contributed by atoms with Crippen molar-refractivity contribution in [1.29, 1.82) is 0 Å². The normalized spacial score (nSPS) is 15.7. The summed E-state index contributed by atoms with van der Waals surface area (Å²) in [6.45, 7) is 14.1. The second kappa shape index (κ2) is 11.6. The van der Waals surface area contributed by atoms with Crippen LogP contribution in [0.5, 0.6) is 5.75 Å². The molecule has 0 bridgehead atoms. The molecule has 3 rings (SSSR count). The number of ether oxygens (including phenoxy) is 3. The zero-order chi connectivity index (χ0) is 25.6. The van der Waals surface area contributed by atoms with Crippen LogP contribution in [-0.2, 0) is 25.1 Å². The van der Waals surface area contributed by atoms with Crippen molar-refractivity contribution >= 4 is 35.8 Å². The fraction of sp³-hybridized carbons (Fsp3) is 0.517. The molecule has 0 fully saturated rings. The average Bonchev–Trinajstić information content (AvgIpc) is 2.81. The molecule has 0 aliphatic heterocycles. The first-order valence-electron chi connectivity index (χ1n) is 12.5. The first kappa shape index (κ1) is 27.3. The van der Waals surface area contributed by atoms with Crippen LogP contribution in [0.1, 0.15) is 88.7 Å². The number of carbonyl (C=O) groups is 2. The molecule has 1 aliphatic rings. The Morgan fingerprint density at radius 2 is 1.49 bits per heavy atom. The van der Waals surface area contributed by atoms with Crippen LogP contribution in [-0.4, -0.2) is 46.7 Å². The van der Waals surface area contributed by atoms with E-state index in [1.54, 1.807) is 0 Å². The van der Waals surface area contributed by atoms with Gasteiger partial charge in [-0.2, -0.15) is 0 Å². The van der Waals surface area contributed by atoms with Gasteiger partial charge in [-0.1, -0.05) is 0 Å². The third-order valence-corrected chi connectivity index (χ3v) is 8.79. The number of rotatable bonds is 10. The predicted octanol–water partition coefficient (Wildman–Crippen LogP) is 4.59. The van der Waals surface area contributed by atoms with E-state index in [0.717, 1.165) is 23.1 Å². The van der Waals surface area contributed by atoms with Crippen molar-refractivity contribution in [3.05, 3.63) is 53.1 Å². The SMILES string of the molecule is CCOC(=O)CCCOc1cc2c(cc1[Se]c1ccc(C(=O)OCC)cc1)C(C)(C)CCC2(C)C. The number of hydrogen-bond acceptors (Lipinski definition) is 5. The van der Waals surface area contributed by atoms with Crippen LogP contribution in [0.2, 0.25) is 0 Å². The third kappa shape index (κ3) is 6.89. The van der Waals surface area contributed by atoms with Crippen molar-refractivity contribution < 1.29 is 23.8 Å². The molecule has 0 spiro atoms. The van der Waals surface area contributed by atoms with E-state index in [1.807, 2.05) is 38.1 Å². The van der Waals surface area contributed by atoms with Gasteiger partial charge in [0.25, 0.3) is 0 Å². The maximum absolute atomic E-state index is 12.0. The summed E-state index contributed by atoms with van der Waals surface area (Å²) in [5.74, 6) is 0.415. The Morgan fingerprint density at radius 3 is 2.09 bits per heavy atom. The molecule has 5 nitrogen and oxygen atoms in total. The summed E-state index contributed by atoms with van der Waals surface area (Å²) in [6, 6.07) is 12.3. The fourth-order valence-electron chi connectivity index (χ4n) is 4.40. The number of esters is 2. The van der Waals surface area contributed by atoms with Crippen LogP contribution in [0.3, 0.4) is 0 Å². The van der Waals surface area contributed by atoms with Crippen LogP contribution in [0.25, 0.3) is 0 Å². The summed E-state index contributed by atoms with van der Waals surface area (Å²) in [7, 11) is 0. The molecule has 190 valence electrons. The number of benzene rings is 2. The minimum atomic E-state index is -0.296. The Bertz CT molecular complexity index is 1040. The Balaban J connectivity index is 1.89. The molecule has 0 saturated carbocycles. The van der Waals surface area contributed by atoms with E-state index in [9.17, 15) is 9.59 Å². The monoisotopic (exact) mass is 546 g/mol. The molecule has 35 heavy (non-hydrogen) atoms. The van der Waals surface area contributed by atoms with E-state index in [-0.39, 0.29) is 37.7 Å². The van der Waals surface area contributed by atoms with Crippen LogP contribution in [0, 0.1) is 0 Å². The first-order valence-corrected chi connectivity index (χ1v) is 14.2. The van der Waals surface area contributed by atoms with Gasteiger partial charge < -0.3 is 0 Å².